The largest absolute Gasteiger partial charge is 0.497 e. The molecule has 3 aromatic rings. The van der Waals surface area contributed by atoms with Gasteiger partial charge in [0, 0.05) is 11.6 Å². The number of carbonyl (C=O) groups is 2. The SMILES string of the molecule is COC(=O)c1ccc(S(=O)(=O)N(CC(=O)NCc2ccc(OC)cc2)c2cccc(Cl)c2C)cc1. The quantitative estimate of drug-likeness (QED) is 0.432. The van der Waals surface area contributed by atoms with Gasteiger partial charge in [0.25, 0.3) is 10.0 Å². The van der Waals surface area contributed by atoms with Crippen LogP contribution in [0.1, 0.15) is 21.5 Å². The normalized spacial score (nSPS) is 11.0. The number of benzene rings is 3. The van der Waals surface area contributed by atoms with Crippen molar-refractivity contribution in [2.75, 3.05) is 25.1 Å². The molecular weight excluding hydrogens is 492 g/mol. The highest BCUT2D eigenvalue weighted by molar-refractivity contribution is 7.92. The molecule has 3 aromatic carbocycles. The first kappa shape index (κ1) is 26.1. The van der Waals surface area contributed by atoms with E-state index in [1.54, 1.807) is 56.5 Å². The van der Waals surface area contributed by atoms with E-state index in [4.69, 9.17) is 16.3 Å². The first-order valence-electron chi connectivity index (χ1n) is 10.5. The number of nitrogens with zero attached hydrogens (tertiary/aromatic N) is 1. The highest BCUT2D eigenvalue weighted by Gasteiger charge is 2.29. The van der Waals surface area contributed by atoms with Crippen molar-refractivity contribution in [3.63, 3.8) is 0 Å². The third-order valence-corrected chi connectivity index (χ3v) is 7.49. The highest BCUT2D eigenvalue weighted by Crippen LogP contribution is 2.31. The summed E-state index contributed by atoms with van der Waals surface area (Å²) >= 11 is 6.24. The Labute approximate surface area is 209 Å². The average Bonchev–Trinajstić information content (AvgIpc) is 2.87. The molecule has 0 bridgehead atoms. The number of sulfonamides is 1. The fraction of sp³-hybridized carbons (Fsp3) is 0.200. The van der Waals surface area contributed by atoms with Gasteiger partial charge >= 0.3 is 5.97 Å². The highest BCUT2D eigenvalue weighted by atomic mass is 35.5. The van der Waals surface area contributed by atoms with E-state index in [1.165, 1.54) is 31.4 Å². The summed E-state index contributed by atoms with van der Waals surface area (Å²) in [6.45, 7) is 1.41. The maximum absolute atomic E-state index is 13.6. The molecule has 0 unspecified atom stereocenters. The Morgan fingerprint density at radius 1 is 0.971 bits per heavy atom. The minimum atomic E-state index is -4.18. The molecule has 0 fully saturated rings. The van der Waals surface area contributed by atoms with Crippen molar-refractivity contribution in [3.8, 4) is 5.75 Å². The standard InChI is InChI=1S/C25H25ClN2O6S/c1-17-22(26)5-4-6-23(17)28(16-24(29)27-15-18-7-11-20(33-2)12-8-18)35(31,32)21-13-9-19(10-14-21)25(30)34-3/h4-14H,15-16H2,1-3H3,(H,27,29). The molecule has 0 saturated carbocycles. The van der Waals surface area contributed by atoms with Crippen LogP contribution in [-0.2, 0) is 26.1 Å². The van der Waals surface area contributed by atoms with Gasteiger partial charge in [0.2, 0.25) is 5.91 Å². The molecule has 1 amide bonds. The molecule has 0 aliphatic carbocycles. The Hall–Kier alpha value is -3.56. The fourth-order valence-corrected chi connectivity index (χ4v) is 4.95. The zero-order valence-electron chi connectivity index (χ0n) is 19.4. The third kappa shape index (κ3) is 6.12. The summed E-state index contributed by atoms with van der Waals surface area (Å²) in [5.74, 6) is -0.406. The van der Waals surface area contributed by atoms with Crippen LogP contribution in [-0.4, -0.2) is 41.1 Å². The number of halogens is 1. The van der Waals surface area contributed by atoms with Gasteiger partial charge in [0.05, 0.1) is 30.4 Å². The molecule has 0 heterocycles. The molecule has 8 nitrogen and oxygen atoms in total. The van der Waals surface area contributed by atoms with Gasteiger partial charge in [0.1, 0.15) is 12.3 Å². The Kier molecular flexibility index (Phi) is 8.37. The van der Waals surface area contributed by atoms with Gasteiger partial charge in [-0.2, -0.15) is 0 Å². The lowest BCUT2D eigenvalue weighted by molar-refractivity contribution is -0.119. The van der Waals surface area contributed by atoms with Gasteiger partial charge in [-0.05, 0) is 66.6 Å². The van der Waals surface area contributed by atoms with E-state index < -0.39 is 28.4 Å². The van der Waals surface area contributed by atoms with E-state index >= 15 is 0 Å². The van der Waals surface area contributed by atoms with E-state index in [-0.39, 0.29) is 22.7 Å². The monoisotopic (exact) mass is 516 g/mol. The Morgan fingerprint density at radius 3 is 2.23 bits per heavy atom. The molecule has 0 aliphatic heterocycles. The number of esters is 1. The van der Waals surface area contributed by atoms with Crippen molar-refractivity contribution in [3.05, 3.63) is 88.4 Å². The predicted octanol–water partition coefficient (Wildman–Crippen LogP) is 3.96. The number of hydrogen-bond acceptors (Lipinski definition) is 6. The predicted molar refractivity (Wildman–Crippen MR) is 133 cm³/mol. The number of carbonyl (C=O) groups excluding carboxylic acids is 2. The smallest absolute Gasteiger partial charge is 0.337 e. The van der Waals surface area contributed by atoms with Crippen LogP contribution in [0.4, 0.5) is 5.69 Å². The van der Waals surface area contributed by atoms with Crippen molar-refractivity contribution in [2.24, 2.45) is 0 Å². The van der Waals surface area contributed by atoms with Gasteiger partial charge in [-0.25, -0.2) is 13.2 Å². The van der Waals surface area contributed by atoms with Crippen LogP contribution in [0.3, 0.4) is 0 Å². The van der Waals surface area contributed by atoms with Gasteiger partial charge < -0.3 is 14.8 Å². The maximum Gasteiger partial charge on any atom is 0.337 e. The number of hydrogen-bond donors (Lipinski definition) is 1. The van der Waals surface area contributed by atoms with Crippen LogP contribution in [0.5, 0.6) is 5.75 Å². The van der Waals surface area contributed by atoms with E-state index in [1.807, 2.05) is 0 Å². The molecule has 3 rings (SSSR count). The number of amides is 1. The topological polar surface area (TPSA) is 102 Å². The van der Waals surface area contributed by atoms with E-state index in [2.05, 4.69) is 10.1 Å². The zero-order valence-corrected chi connectivity index (χ0v) is 21.0. The van der Waals surface area contributed by atoms with E-state index in [0.717, 1.165) is 9.87 Å². The maximum atomic E-state index is 13.6. The molecule has 35 heavy (non-hydrogen) atoms. The van der Waals surface area contributed by atoms with Crippen LogP contribution in [0.2, 0.25) is 5.02 Å². The number of methoxy groups -OCH3 is 2. The Bertz CT molecular complexity index is 1310. The molecular formula is C25H25ClN2O6S. The number of ether oxygens (including phenoxy) is 2. The summed E-state index contributed by atoms with van der Waals surface area (Å²) in [5.41, 5.74) is 1.81. The number of rotatable bonds is 9. The molecule has 1 N–H and O–H groups in total. The fourth-order valence-electron chi connectivity index (χ4n) is 3.30. The van der Waals surface area contributed by atoms with Crippen LogP contribution in [0, 0.1) is 6.92 Å². The lowest BCUT2D eigenvalue weighted by Crippen LogP contribution is -2.41. The summed E-state index contributed by atoms with van der Waals surface area (Å²) in [6.07, 6.45) is 0. The van der Waals surface area contributed by atoms with Crippen LogP contribution in [0.25, 0.3) is 0 Å². The second-order valence-corrected chi connectivity index (χ2v) is 9.81. The van der Waals surface area contributed by atoms with Crippen LogP contribution >= 0.6 is 11.6 Å². The summed E-state index contributed by atoms with van der Waals surface area (Å²) in [5, 5.41) is 3.11. The Balaban J connectivity index is 1.89. The minimum absolute atomic E-state index is 0.0903. The minimum Gasteiger partial charge on any atom is -0.497 e. The first-order valence-corrected chi connectivity index (χ1v) is 12.3. The van der Waals surface area contributed by atoms with Crippen molar-refractivity contribution in [1.82, 2.24) is 5.32 Å². The summed E-state index contributed by atoms with van der Waals surface area (Å²) in [7, 11) is -1.38. The number of anilines is 1. The lowest BCUT2D eigenvalue weighted by atomic mass is 10.2. The molecule has 10 heteroatoms. The van der Waals surface area contributed by atoms with Crippen molar-refractivity contribution < 1.29 is 27.5 Å². The van der Waals surface area contributed by atoms with Crippen molar-refractivity contribution in [2.45, 2.75) is 18.4 Å². The first-order chi connectivity index (χ1) is 16.7. The molecule has 0 radical (unpaired) electrons. The Morgan fingerprint density at radius 2 is 1.63 bits per heavy atom. The zero-order chi connectivity index (χ0) is 25.6. The molecule has 0 aromatic heterocycles. The third-order valence-electron chi connectivity index (χ3n) is 5.31. The van der Waals surface area contributed by atoms with E-state index in [0.29, 0.717) is 16.3 Å². The number of nitrogens with one attached hydrogen (secondary N) is 1. The van der Waals surface area contributed by atoms with Gasteiger partial charge in [-0.3, -0.25) is 9.10 Å². The van der Waals surface area contributed by atoms with Crippen molar-refractivity contribution in [1.29, 1.82) is 0 Å². The van der Waals surface area contributed by atoms with Gasteiger partial charge in [0.15, 0.2) is 0 Å². The lowest BCUT2D eigenvalue weighted by Gasteiger charge is -2.26. The average molecular weight is 517 g/mol. The molecule has 0 saturated heterocycles. The van der Waals surface area contributed by atoms with E-state index in [9.17, 15) is 18.0 Å². The van der Waals surface area contributed by atoms with Gasteiger partial charge in [-0.15, -0.1) is 0 Å². The second-order valence-electron chi connectivity index (χ2n) is 7.54. The summed E-state index contributed by atoms with van der Waals surface area (Å²) in [4.78, 5) is 24.5. The molecule has 0 atom stereocenters. The molecule has 184 valence electrons. The molecule has 0 spiro atoms. The van der Waals surface area contributed by atoms with Crippen LogP contribution in [0.15, 0.2) is 71.6 Å². The van der Waals surface area contributed by atoms with Crippen LogP contribution < -0.4 is 14.4 Å². The summed E-state index contributed by atoms with van der Waals surface area (Å²) in [6, 6.07) is 17.3. The molecule has 0 aliphatic rings. The van der Waals surface area contributed by atoms with Crippen molar-refractivity contribution >= 4 is 39.2 Å². The summed E-state index contributed by atoms with van der Waals surface area (Å²) < 4.78 is 38.0. The second kappa shape index (κ2) is 11.2. The van der Waals surface area contributed by atoms with Gasteiger partial charge in [-0.1, -0.05) is 29.8 Å².